The number of thiophene rings is 1. The van der Waals surface area contributed by atoms with Gasteiger partial charge in [-0.15, -0.1) is 11.3 Å². The average molecular weight is 357 g/mol. The van der Waals surface area contributed by atoms with Gasteiger partial charge in [-0.1, -0.05) is 18.2 Å². The summed E-state index contributed by atoms with van der Waals surface area (Å²) in [6, 6.07) is 12.9. The zero-order valence-electron chi connectivity index (χ0n) is 15.2. The molecule has 25 heavy (non-hydrogen) atoms. The van der Waals surface area contributed by atoms with Gasteiger partial charge < -0.3 is 15.5 Å². The van der Waals surface area contributed by atoms with E-state index in [-0.39, 0.29) is 0 Å². The van der Waals surface area contributed by atoms with Crippen LogP contribution in [-0.2, 0) is 6.54 Å². The summed E-state index contributed by atoms with van der Waals surface area (Å²) in [6.07, 6.45) is 1.23. The van der Waals surface area contributed by atoms with Crippen molar-refractivity contribution in [2.24, 2.45) is 10.9 Å². The summed E-state index contributed by atoms with van der Waals surface area (Å²) in [6.45, 7) is 9.12. The highest BCUT2D eigenvalue weighted by molar-refractivity contribution is 7.10. The molecule has 0 spiro atoms. The number of para-hydroxylation sites is 1. The molecule has 4 nitrogen and oxygen atoms in total. The second-order valence-corrected chi connectivity index (χ2v) is 7.54. The zero-order chi connectivity index (χ0) is 17.5. The SMILES string of the molecule is CCNC(=NCc1sccc1C)NCC1CCN(c2ccccc2)C1. The molecular weight excluding hydrogens is 328 g/mol. The van der Waals surface area contributed by atoms with Gasteiger partial charge in [0.1, 0.15) is 0 Å². The van der Waals surface area contributed by atoms with E-state index in [9.17, 15) is 0 Å². The number of nitrogens with zero attached hydrogens (tertiary/aromatic N) is 2. The molecule has 1 fully saturated rings. The predicted octanol–water partition coefficient (Wildman–Crippen LogP) is 3.64. The molecule has 0 saturated carbocycles. The van der Waals surface area contributed by atoms with E-state index in [1.807, 2.05) is 0 Å². The molecule has 134 valence electrons. The predicted molar refractivity (Wildman–Crippen MR) is 109 cm³/mol. The number of hydrogen-bond acceptors (Lipinski definition) is 3. The van der Waals surface area contributed by atoms with Crippen molar-refractivity contribution in [3.63, 3.8) is 0 Å². The lowest BCUT2D eigenvalue weighted by atomic mass is 10.1. The fraction of sp³-hybridized carbons (Fsp3) is 0.450. The molecule has 5 heteroatoms. The van der Waals surface area contributed by atoms with Crippen LogP contribution in [0.5, 0.6) is 0 Å². The normalized spacial score (nSPS) is 17.8. The maximum absolute atomic E-state index is 4.75. The van der Waals surface area contributed by atoms with Crippen LogP contribution in [0.3, 0.4) is 0 Å². The first-order chi connectivity index (χ1) is 12.3. The van der Waals surface area contributed by atoms with E-state index in [1.165, 1.54) is 22.5 Å². The number of aliphatic imine (C=N–C) groups is 1. The van der Waals surface area contributed by atoms with Gasteiger partial charge in [0.2, 0.25) is 0 Å². The number of benzene rings is 1. The molecule has 1 aromatic carbocycles. The van der Waals surface area contributed by atoms with Gasteiger partial charge in [0.25, 0.3) is 0 Å². The maximum Gasteiger partial charge on any atom is 0.191 e. The second-order valence-electron chi connectivity index (χ2n) is 6.54. The highest BCUT2D eigenvalue weighted by Gasteiger charge is 2.22. The lowest BCUT2D eigenvalue weighted by molar-refractivity contribution is 0.566. The monoisotopic (exact) mass is 356 g/mol. The third-order valence-electron chi connectivity index (χ3n) is 4.66. The highest BCUT2D eigenvalue weighted by atomic mass is 32.1. The van der Waals surface area contributed by atoms with E-state index in [1.54, 1.807) is 11.3 Å². The van der Waals surface area contributed by atoms with Crippen molar-refractivity contribution in [1.29, 1.82) is 0 Å². The van der Waals surface area contributed by atoms with Crippen LogP contribution in [0, 0.1) is 12.8 Å². The summed E-state index contributed by atoms with van der Waals surface area (Å²) >= 11 is 1.78. The molecule has 1 aliphatic rings. The molecule has 0 bridgehead atoms. The lowest BCUT2D eigenvalue weighted by Crippen LogP contribution is -2.40. The second kappa shape index (κ2) is 8.90. The van der Waals surface area contributed by atoms with E-state index in [2.05, 4.69) is 71.2 Å². The van der Waals surface area contributed by atoms with Crippen molar-refractivity contribution in [3.8, 4) is 0 Å². The number of guanidine groups is 1. The summed E-state index contributed by atoms with van der Waals surface area (Å²) in [7, 11) is 0. The van der Waals surface area contributed by atoms with E-state index >= 15 is 0 Å². The number of rotatable bonds is 6. The summed E-state index contributed by atoms with van der Waals surface area (Å²) in [5.74, 6) is 1.58. The van der Waals surface area contributed by atoms with E-state index < -0.39 is 0 Å². The fourth-order valence-corrected chi connectivity index (χ4v) is 4.00. The quantitative estimate of drug-likeness (QED) is 0.613. The van der Waals surface area contributed by atoms with Gasteiger partial charge in [0.05, 0.1) is 6.54 Å². The van der Waals surface area contributed by atoms with E-state index in [4.69, 9.17) is 4.99 Å². The van der Waals surface area contributed by atoms with Crippen molar-refractivity contribution >= 4 is 23.0 Å². The fourth-order valence-electron chi connectivity index (χ4n) is 3.17. The molecule has 1 aliphatic heterocycles. The van der Waals surface area contributed by atoms with Crippen LogP contribution in [0.2, 0.25) is 0 Å². The van der Waals surface area contributed by atoms with Crippen LogP contribution >= 0.6 is 11.3 Å². The molecule has 0 radical (unpaired) electrons. The number of nitrogens with one attached hydrogen (secondary N) is 2. The minimum atomic E-state index is 0.660. The Labute approximate surface area is 155 Å². The Morgan fingerprint density at radius 3 is 2.80 bits per heavy atom. The van der Waals surface area contributed by atoms with Gasteiger partial charge in [0.15, 0.2) is 5.96 Å². The van der Waals surface area contributed by atoms with Crippen molar-refractivity contribution in [2.75, 3.05) is 31.1 Å². The highest BCUT2D eigenvalue weighted by Crippen LogP contribution is 2.23. The standard InChI is InChI=1S/C20H28N4S/c1-3-21-20(23-14-19-16(2)10-12-25-19)22-13-17-9-11-24(15-17)18-7-5-4-6-8-18/h4-8,10,12,17H,3,9,11,13-15H2,1-2H3,(H2,21,22,23). The molecule has 2 N–H and O–H groups in total. The first-order valence-corrected chi connectivity index (χ1v) is 9.99. The van der Waals surface area contributed by atoms with E-state index in [0.29, 0.717) is 5.92 Å². The van der Waals surface area contributed by atoms with E-state index in [0.717, 1.165) is 38.7 Å². The number of hydrogen-bond donors (Lipinski definition) is 2. The molecule has 1 aromatic heterocycles. The molecule has 1 saturated heterocycles. The van der Waals surface area contributed by atoms with Crippen LogP contribution in [0.1, 0.15) is 23.8 Å². The van der Waals surface area contributed by atoms with Crippen LogP contribution in [0.15, 0.2) is 46.8 Å². The van der Waals surface area contributed by atoms with Gasteiger partial charge in [-0.2, -0.15) is 0 Å². The molecule has 1 unspecified atom stereocenters. The minimum absolute atomic E-state index is 0.660. The molecule has 0 amide bonds. The maximum atomic E-state index is 4.75. The van der Waals surface area contributed by atoms with Crippen molar-refractivity contribution < 1.29 is 0 Å². The summed E-state index contributed by atoms with van der Waals surface area (Å²) < 4.78 is 0. The molecule has 0 aliphatic carbocycles. The Hall–Kier alpha value is -2.01. The first-order valence-electron chi connectivity index (χ1n) is 9.11. The molecule has 3 rings (SSSR count). The largest absolute Gasteiger partial charge is 0.371 e. The van der Waals surface area contributed by atoms with Crippen LogP contribution < -0.4 is 15.5 Å². The van der Waals surface area contributed by atoms with Crippen molar-refractivity contribution in [3.05, 3.63) is 52.2 Å². The summed E-state index contributed by atoms with van der Waals surface area (Å²) in [4.78, 5) is 8.56. The summed E-state index contributed by atoms with van der Waals surface area (Å²) in [5, 5.41) is 9.03. The van der Waals surface area contributed by atoms with Gasteiger partial charge >= 0.3 is 0 Å². The lowest BCUT2D eigenvalue weighted by Gasteiger charge is -2.19. The molecule has 2 aromatic rings. The third-order valence-corrected chi connectivity index (χ3v) is 5.67. The van der Waals surface area contributed by atoms with Crippen molar-refractivity contribution in [2.45, 2.75) is 26.8 Å². The van der Waals surface area contributed by atoms with Crippen molar-refractivity contribution in [1.82, 2.24) is 10.6 Å². The Morgan fingerprint density at radius 2 is 2.08 bits per heavy atom. The molecule has 2 heterocycles. The van der Waals surface area contributed by atoms with Gasteiger partial charge in [0, 0.05) is 36.7 Å². The van der Waals surface area contributed by atoms with Gasteiger partial charge in [-0.25, -0.2) is 4.99 Å². The van der Waals surface area contributed by atoms with Crippen LogP contribution in [-0.4, -0.2) is 32.1 Å². The Morgan fingerprint density at radius 1 is 1.24 bits per heavy atom. The van der Waals surface area contributed by atoms with Gasteiger partial charge in [-0.3, -0.25) is 0 Å². The first kappa shape index (κ1) is 17.8. The third kappa shape index (κ3) is 4.98. The Bertz CT molecular complexity index is 680. The average Bonchev–Trinajstić information content (AvgIpc) is 3.27. The smallest absolute Gasteiger partial charge is 0.191 e. The molecular formula is C20H28N4S. The molecule has 1 atom stereocenters. The van der Waals surface area contributed by atoms with Crippen LogP contribution in [0.4, 0.5) is 5.69 Å². The Kier molecular flexibility index (Phi) is 6.34. The topological polar surface area (TPSA) is 39.7 Å². The zero-order valence-corrected chi connectivity index (χ0v) is 16.0. The Balaban J connectivity index is 1.51. The van der Waals surface area contributed by atoms with Gasteiger partial charge in [-0.05, 0) is 55.3 Å². The summed E-state index contributed by atoms with van der Waals surface area (Å²) in [5.41, 5.74) is 2.66. The number of aryl methyl sites for hydroxylation is 1. The minimum Gasteiger partial charge on any atom is -0.371 e. The number of anilines is 1. The van der Waals surface area contributed by atoms with Crippen LogP contribution in [0.25, 0.3) is 0 Å².